The highest BCUT2D eigenvalue weighted by molar-refractivity contribution is 5.79. The smallest absolute Gasteiger partial charge is 0.191 e. The van der Waals surface area contributed by atoms with E-state index in [1.54, 1.807) is 0 Å². The molecule has 156 valence electrons. The molecule has 1 aliphatic rings. The van der Waals surface area contributed by atoms with Crippen LogP contribution in [0.3, 0.4) is 0 Å². The lowest BCUT2D eigenvalue weighted by molar-refractivity contribution is 0.198. The van der Waals surface area contributed by atoms with Gasteiger partial charge in [-0.15, -0.1) is 0 Å². The molecule has 3 rings (SSSR count). The van der Waals surface area contributed by atoms with Crippen molar-refractivity contribution in [2.24, 2.45) is 4.99 Å². The van der Waals surface area contributed by atoms with Gasteiger partial charge in [-0.1, -0.05) is 49.4 Å². The van der Waals surface area contributed by atoms with Gasteiger partial charge in [-0.25, -0.2) is 0 Å². The van der Waals surface area contributed by atoms with Crippen molar-refractivity contribution in [1.82, 2.24) is 15.5 Å². The maximum atomic E-state index is 5.72. The van der Waals surface area contributed by atoms with E-state index in [0.717, 1.165) is 63.8 Å². The van der Waals surface area contributed by atoms with Crippen LogP contribution in [0.25, 0.3) is 0 Å². The molecule has 2 aromatic rings. The molecule has 1 saturated heterocycles. The lowest BCUT2D eigenvalue weighted by Gasteiger charge is -2.33. The van der Waals surface area contributed by atoms with Crippen molar-refractivity contribution in [1.29, 1.82) is 0 Å². The first-order valence-corrected chi connectivity index (χ1v) is 10.7. The highest BCUT2D eigenvalue weighted by Crippen LogP contribution is 2.15. The first kappa shape index (κ1) is 21.2. The minimum atomic E-state index is 0.465. The Morgan fingerprint density at radius 3 is 2.55 bits per heavy atom. The number of guanidine groups is 1. The van der Waals surface area contributed by atoms with Crippen LogP contribution >= 0.6 is 0 Å². The predicted molar refractivity (Wildman–Crippen MR) is 120 cm³/mol. The van der Waals surface area contributed by atoms with E-state index in [2.05, 4.69) is 69.9 Å². The standard InChI is InChI=1S/C24H34N4O/c1-3-16-29-23-11-7-10-21(17-23)18-26-24(25-2)27-22-12-14-28(15-13-22)19-20-8-5-4-6-9-20/h4-11,17,22H,3,12-16,18-19H2,1-2H3,(H2,25,26,27). The molecule has 2 aromatic carbocycles. The van der Waals surface area contributed by atoms with Gasteiger partial charge in [0.15, 0.2) is 5.96 Å². The monoisotopic (exact) mass is 394 g/mol. The van der Waals surface area contributed by atoms with E-state index >= 15 is 0 Å². The van der Waals surface area contributed by atoms with Crippen molar-refractivity contribution in [3.05, 3.63) is 65.7 Å². The topological polar surface area (TPSA) is 48.9 Å². The highest BCUT2D eigenvalue weighted by Gasteiger charge is 2.20. The largest absolute Gasteiger partial charge is 0.494 e. The molecular formula is C24H34N4O. The second kappa shape index (κ2) is 11.5. The Bertz CT molecular complexity index is 754. The van der Waals surface area contributed by atoms with Gasteiger partial charge in [0.2, 0.25) is 0 Å². The SMILES string of the molecule is CCCOc1cccc(CNC(=NC)NC2CCN(Cc3ccccc3)CC2)c1. The molecule has 5 nitrogen and oxygen atoms in total. The van der Waals surface area contributed by atoms with Crippen molar-refractivity contribution >= 4 is 5.96 Å². The molecule has 1 aliphatic heterocycles. The predicted octanol–water partition coefficient (Wildman–Crippen LogP) is 3.81. The van der Waals surface area contributed by atoms with Crippen LogP contribution in [0, 0.1) is 0 Å². The third-order valence-electron chi connectivity index (χ3n) is 5.23. The number of ether oxygens (including phenoxy) is 1. The molecule has 1 heterocycles. The van der Waals surface area contributed by atoms with Crippen LogP contribution in [-0.2, 0) is 13.1 Å². The Balaban J connectivity index is 1.41. The summed E-state index contributed by atoms with van der Waals surface area (Å²) in [6.45, 7) is 6.86. The normalized spacial score (nSPS) is 15.9. The molecule has 0 spiro atoms. The van der Waals surface area contributed by atoms with Crippen molar-refractivity contribution in [2.75, 3.05) is 26.7 Å². The molecule has 0 unspecified atom stereocenters. The lowest BCUT2D eigenvalue weighted by Crippen LogP contribution is -2.48. The number of rotatable bonds is 8. The molecule has 0 saturated carbocycles. The zero-order valence-electron chi connectivity index (χ0n) is 17.7. The number of hydrogen-bond acceptors (Lipinski definition) is 3. The maximum absolute atomic E-state index is 5.72. The Morgan fingerprint density at radius 1 is 1.07 bits per heavy atom. The fourth-order valence-electron chi connectivity index (χ4n) is 3.62. The van der Waals surface area contributed by atoms with Crippen LogP contribution < -0.4 is 15.4 Å². The van der Waals surface area contributed by atoms with E-state index in [4.69, 9.17) is 4.74 Å². The summed E-state index contributed by atoms with van der Waals surface area (Å²) in [5.74, 6) is 1.80. The molecule has 2 N–H and O–H groups in total. The van der Waals surface area contributed by atoms with Crippen LogP contribution in [0.2, 0.25) is 0 Å². The average molecular weight is 395 g/mol. The fourth-order valence-corrected chi connectivity index (χ4v) is 3.62. The minimum absolute atomic E-state index is 0.465. The molecule has 0 aromatic heterocycles. The number of likely N-dealkylation sites (tertiary alicyclic amines) is 1. The summed E-state index contributed by atoms with van der Waals surface area (Å²) in [6, 6.07) is 19.4. The summed E-state index contributed by atoms with van der Waals surface area (Å²) in [4.78, 5) is 6.94. The van der Waals surface area contributed by atoms with Crippen LogP contribution in [0.4, 0.5) is 0 Å². The minimum Gasteiger partial charge on any atom is -0.494 e. The molecule has 1 fully saturated rings. The van der Waals surface area contributed by atoms with E-state index < -0.39 is 0 Å². The Morgan fingerprint density at radius 2 is 1.83 bits per heavy atom. The number of piperidine rings is 1. The second-order valence-corrected chi connectivity index (χ2v) is 7.60. The maximum Gasteiger partial charge on any atom is 0.191 e. The van der Waals surface area contributed by atoms with Gasteiger partial charge in [-0.2, -0.15) is 0 Å². The van der Waals surface area contributed by atoms with Crippen LogP contribution in [0.5, 0.6) is 5.75 Å². The zero-order valence-corrected chi connectivity index (χ0v) is 17.7. The average Bonchev–Trinajstić information content (AvgIpc) is 2.77. The van der Waals surface area contributed by atoms with Gasteiger partial charge in [-0.3, -0.25) is 9.89 Å². The van der Waals surface area contributed by atoms with Gasteiger partial charge < -0.3 is 15.4 Å². The summed E-state index contributed by atoms with van der Waals surface area (Å²) in [7, 11) is 1.83. The van der Waals surface area contributed by atoms with Crippen molar-refractivity contribution < 1.29 is 4.74 Å². The third kappa shape index (κ3) is 7.09. The molecule has 5 heteroatoms. The second-order valence-electron chi connectivity index (χ2n) is 7.60. The van der Waals surface area contributed by atoms with Gasteiger partial charge >= 0.3 is 0 Å². The van der Waals surface area contributed by atoms with Gasteiger partial charge in [0, 0.05) is 39.3 Å². The van der Waals surface area contributed by atoms with Crippen molar-refractivity contribution in [3.8, 4) is 5.75 Å². The first-order chi connectivity index (χ1) is 14.3. The number of nitrogens with zero attached hydrogens (tertiary/aromatic N) is 2. The van der Waals surface area contributed by atoms with Crippen molar-refractivity contribution in [2.45, 2.75) is 45.3 Å². The van der Waals surface area contributed by atoms with E-state index in [9.17, 15) is 0 Å². The van der Waals surface area contributed by atoms with Gasteiger partial charge in [0.05, 0.1) is 6.61 Å². The summed E-state index contributed by atoms with van der Waals surface area (Å²) >= 11 is 0. The van der Waals surface area contributed by atoms with E-state index in [0.29, 0.717) is 6.04 Å². The van der Waals surface area contributed by atoms with Crippen LogP contribution in [-0.4, -0.2) is 43.6 Å². The molecule has 0 atom stereocenters. The number of nitrogens with one attached hydrogen (secondary N) is 2. The Kier molecular flexibility index (Phi) is 8.38. The van der Waals surface area contributed by atoms with Gasteiger partial charge in [0.25, 0.3) is 0 Å². The molecule has 0 aliphatic carbocycles. The number of benzene rings is 2. The van der Waals surface area contributed by atoms with E-state index in [1.165, 1.54) is 11.1 Å². The summed E-state index contributed by atoms with van der Waals surface area (Å²) in [6.07, 6.45) is 3.28. The van der Waals surface area contributed by atoms with Crippen LogP contribution in [0.15, 0.2) is 59.6 Å². The van der Waals surface area contributed by atoms with Gasteiger partial charge in [-0.05, 0) is 42.5 Å². The van der Waals surface area contributed by atoms with E-state index in [-0.39, 0.29) is 0 Å². The summed E-state index contributed by atoms with van der Waals surface area (Å²) in [5, 5.41) is 7.03. The quantitative estimate of drug-likeness (QED) is 0.528. The molecule has 0 radical (unpaired) electrons. The number of aliphatic imine (C=N–C) groups is 1. The summed E-state index contributed by atoms with van der Waals surface area (Å²) in [5.41, 5.74) is 2.58. The van der Waals surface area contributed by atoms with Crippen molar-refractivity contribution in [3.63, 3.8) is 0 Å². The fraction of sp³-hybridized carbons (Fsp3) is 0.458. The molecule has 0 bridgehead atoms. The molecule has 29 heavy (non-hydrogen) atoms. The highest BCUT2D eigenvalue weighted by atomic mass is 16.5. The van der Waals surface area contributed by atoms with E-state index in [1.807, 2.05) is 19.2 Å². The first-order valence-electron chi connectivity index (χ1n) is 10.7. The van der Waals surface area contributed by atoms with Crippen LogP contribution in [0.1, 0.15) is 37.3 Å². The number of hydrogen-bond donors (Lipinski definition) is 2. The molecule has 0 amide bonds. The third-order valence-corrected chi connectivity index (χ3v) is 5.23. The summed E-state index contributed by atoms with van der Waals surface area (Å²) < 4.78 is 5.72. The van der Waals surface area contributed by atoms with Gasteiger partial charge in [0.1, 0.15) is 5.75 Å². The zero-order chi connectivity index (χ0) is 20.3. The lowest BCUT2D eigenvalue weighted by atomic mass is 10.0. The Hall–Kier alpha value is -2.53. The molecular weight excluding hydrogens is 360 g/mol. The Labute approximate surface area is 175 Å².